The van der Waals surface area contributed by atoms with Crippen LogP contribution < -0.4 is 0 Å². The summed E-state index contributed by atoms with van der Waals surface area (Å²) in [6.07, 6.45) is 3.51. The van der Waals surface area contributed by atoms with Crippen molar-refractivity contribution in [2.45, 2.75) is 0 Å². The number of hydrogen-bond donors (Lipinski definition) is 0. The number of fused-ring (bicyclic) bond motifs is 3. The van der Waals surface area contributed by atoms with E-state index in [4.69, 9.17) is 4.42 Å². The Morgan fingerprint density at radius 2 is 1.87 bits per heavy atom. The van der Waals surface area contributed by atoms with Crippen molar-refractivity contribution < 1.29 is 4.42 Å². The van der Waals surface area contributed by atoms with Gasteiger partial charge in [-0.2, -0.15) is 0 Å². The fraction of sp³-hybridized carbons (Fsp3) is 0. The average molecular weight is 328 g/mol. The maximum absolute atomic E-state index is 5.65. The lowest BCUT2D eigenvalue weighted by atomic mass is 10.3. The summed E-state index contributed by atoms with van der Waals surface area (Å²) in [6, 6.07) is 3.74. The molecule has 0 spiro atoms. The van der Waals surface area contributed by atoms with Crippen LogP contribution in [0.1, 0.15) is 0 Å². The molecule has 3 rings (SSSR count). The van der Waals surface area contributed by atoms with Crippen molar-refractivity contribution in [3.63, 3.8) is 0 Å². The summed E-state index contributed by atoms with van der Waals surface area (Å²) in [5.41, 5.74) is 2.39. The Kier molecular flexibility index (Phi) is 2.03. The van der Waals surface area contributed by atoms with E-state index in [-0.39, 0.29) is 0 Å². The minimum atomic E-state index is 0.758. The van der Waals surface area contributed by atoms with Crippen LogP contribution in [-0.2, 0) is 0 Å². The van der Waals surface area contributed by atoms with E-state index in [1.165, 1.54) is 0 Å². The number of aromatic nitrogens is 2. The Bertz CT molecular complexity index is 607. The molecule has 0 aliphatic rings. The van der Waals surface area contributed by atoms with Crippen molar-refractivity contribution in [3.8, 4) is 0 Å². The first-order valence-electron chi connectivity index (χ1n) is 4.23. The van der Waals surface area contributed by atoms with Crippen molar-refractivity contribution >= 4 is 53.9 Å². The maximum Gasteiger partial charge on any atom is 0.155 e. The number of pyridine rings is 2. The van der Waals surface area contributed by atoms with E-state index >= 15 is 0 Å². The van der Waals surface area contributed by atoms with E-state index in [0.29, 0.717) is 0 Å². The monoisotopic (exact) mass is 326 g/mol. The van der Waals surface area contributed by atoms with Gasteiger partial charge in [0.15, 0.2) is 5.58 Å². The molecule has 15 heavy (non-hydrogen) atoms. The Morgan fingerprint density at radius 3 is 2.73 bits per heavy atom. The second-order valence-electron chi connectivity index (χ2n) is 3.11. The lowest BCUT2D eigenvalue weighted by Gasteiger charge is -1.89. The summed E-state index contributed by atoms with van der Waals surface area (Å²) < 4.78 is 7.31. The second-order valence-corrected chi connectivity index (χ2v) is 4.83. The number of rotatable bonds is 0. The van der Waals surface area contributed by atoms with Crippen molar-refractivity contribution in [3.05, 3.63) is 33.6 Å². The van der Waals surface area contributed by atoms with Crippen LogP contribution in [0.15, 0.2) is 38.0 Å². The molecule has 5 heteroatoms. The van der Waals surface area contributed by atoms with E-state index in [1.807, 2.05) is 12.1 Å². The molecule has 3 heterocycles. The molecule has 0 aliphatic carbocycles. The summed E-state index contributed by atoms with van der Waals surface area (Å²) in [5.74, 6) is 0. The van der Waals surface area contributed by atoms with Gasteiger partial charge in [-0.15, -0.1) is 0 Å². The maximum atomic E-state index is 5.65. The largest absolute Gasteiger partial charge is 0.454 e. The van der Waals surface area contributed by atoms with E-state index in [9.17, 15) is 0 Å². The van der Waals surface area contributed by atoms with Crippen molar-refractivity contribution in [2.24, 2.45) is 0 Å². The molecule has 0 bridgehead atoms. The van der Waals surface area contributed by atoms with Crippen LogP contribution in [-0.4, -0.2) is 9.97 Å². The van der Waals surface area contributed by atoms with E-state index in [1.54, 1.807) is 12.4 Å². The Balaban J connectivity index is 2.51. The van der Waals surface area contributed by atoms with Crippen molar-refractivity contribution in [1.82, 2.24) is 9.97 Å². The average Bonchev–Trinajstić information content (AvgIpc) is 2.53. The first-order valence-corrected chi connectivity index (χ1v) is 5.82. The van der Waals surface area contributed by atoms with E-state index in [0.717, 1.165) is 31.1 Å². The lowest BCUT2D eigenvalue weighted by molar-refractivity contribution is 0.667. The molecule has 0 unspecified atom stereocenters. The molecule has 0 saturated heterocycles. The van der Waals surface area contributed by atoms with Crippen LogP contribution in [0, 0.1) is 0 Å². The van der Waals surface area contributed by atoms with Crippen LogP contribution in [0.2, 0.25) is 0 Å². The van der Waals surface area contributed by atoms with Crippen molar-refractivity contribution in [2.75, 3.05) is 0 Å². The van der Waals surface area contributed by atoms with Crippen LogP contribution in [0.5, 0.6) is 0 Å². The normalized spacial score (nSPS) is 11.3. The quantitative estimate of drug-likeness (QED) is 0.588. The summed E-state index contributed by atoms with van der Waals surface area (Å²) >= 11 is 6.66. The summed E-state index contributed by atoms with van der Waals surface area (Å²) in [4.78, 5) is 8.46. The number of hydrogen-bond acceptors (Lipinski definition) is 3. The van der Waals surface area contributed by atoms with Gasteiger partial charge in [0, 0.05) is 22.9 Å². The summed E-state index contributed by atoms with van der Waals surface area (Å²) in [5, 5.41) is 0.931. The molecule has 74 valence electrons. The second kappa shape index (κ2) is 3.28. The first kappa shape index (κ1) is 9.30. The standard InChI is InChI=1S/C10H4Br2N2O/c11-5-1-8-10(14-3-5)6-4-13-9(12)2-7(6)15-8/h1-4H. The predicted octanol–water partition coefficient (Wildman–Crippen LogP) is 3.90. The van der Waals surface area contributed by atoms with Crippen LogP contribution in [0.4, 0.5) is 0 Å². The van der Waals surface area contributed by atoms with Gasteiger partial charge in [0.1, 0.15) is 15.7 Å². The highest BCUT2D eigenvalue weighted by atomic mass is 79.9. The van der Waals surface area contributed by atoms with Gasteiger partial charge in [-0.3, -0.25) is 4.98 Å². The summed E-state index contributed by atoms with van der Waals surface area (Å²) in [6.45, 7) is 0. The lowest BCUT2D eigenvalue weighted by Crippen LogP contribution is -1.75. The van der Waals surface area contributed by atoms with Gasteiger partial charge >= 0.3 is 0 Å². The molecule has 0 aromatic carbocycles. The highest BCUT2D eigenvalue weighted by molar-refractivity contribution is 9.10. The molecule has 3 aromatic heterocycles. The molecule has 0 radical (unpaired) electrons. The topological polar surface area (TPSA) is 38.9 Å². The number of furan rings is 1. The van der Waals surface area contributed by atoms with Gasteiger partial charge in [0.2, 0.25) is 0 Å². The molecule has 0 aliphatic heterocycles. The minimum Gasteiger partial charge on any atom is -0.454 e. The van der Waals surface area contributed by atoms with Crippen LogP contribution in [0.25, 0.3) is 22.1 Å². The zero-order chi connectivity index (χ0) is 10.4. The Morgan fingerprint density at radius 1 is 1.00 bits per heavy atom. The molecule has 0 N–H and O–H groups in total. The van der Waals surface area contributed by atoms with Gasteiger partial charge in [-0.25, -0.2) is 4.98 Å². The first-order chi connectivity index (χ1) is 7.24. The van der Waals surface area contributed by atoms with Crippen molar-refractivity contribution in [1.29, 1.82) is 0 Å². The zero-order valence-electron chi connectivity index (χ0n) is 7.37. The van der Waals surface area contributed by atoms with Gasteiger partial charge in [0.25, 0.3) is 0 Å². The third-order valence-corrected chi connectivity index (χ3v) is 2.99. The van der Waals surface area contributed by atoms with Crippen LogP contribution >= 0.6 is 31.9 Å². The minimum absolute atomic E-state index is 0.758. The number of nitrogens with zero attached hydrogens (tertiary/aromatic N) is 2. The highest BCUT2D eigenvalue weighted by Gasteiger charge is 2.08. The highest BCUT2D eigenvalue weighted by Crippen LogP contribution is 2.29. The van der Waals surface area contributed by atoms with Gasteiger partial charge in [-0.05, 0) is 37.9 Å². The Hall–Kier alpha value is -0.940. The van der Waals surface area contributed by atoms with E-state index < -0.39 is 0 Å². The SMILES string of the molecule is Brc1cnc2c(c1)oc1cc(Br)ncc12. The summed E-state index contributed by atoms with van der Waals surface area (Å²) in [7, 11) is 0. The molecule has 0 amide bonds. The number of halogens is 2. The fourth-order valence-electron chi connectivity index (χ4n) is 1.49. The van der Waals surface area contributed by atoms with Gasteiger partial charge in [0.05, 0.1) is 5.39 Å². The zero-order valence-corrected chi connectivity index (χ0v) is 10.5. The third-order valence-electron chi connectivity index (χ3n) is 2.13. The van der Waals surface area contributed by atoms with Gasteiger partial charge < -0.3 is 4.42 Å². The molecular weight excluding hydrogens is 324 g/mol. The molecular formula is C10H4Br2N2O. The molecule has 0 fully saturated rings. The molecule has 3 aromatic rings. The third kappa shape index (κ3) is 1.46. The van der Waals surface area contributed by atoms with Gasteiger partial charge in [-0.1, -0.05) is 0 Å². The molecule has 0 atom stereocenters. The Labute approximate surface area is 102 Å². The molecule has 3 nitrogen and oxygen atoms in total. The fourth-order valence-corrected chi connectivity index (χ4v) is 2.12. The van der Waals surface area contributed by atoms with E-state index in [2.05, 4.69) is 41.8 Å². The smallest absolute Gasteiger partial charge is 0.155 e. The molecule has 0 saturated carbocycles. The van der Waals surface area contributed by atoms with Crippen LogP contribution in [0.3, 0.4) is 0 Å². The predicted molar refractivity (Wildman–Crippen MR) is 64.7 cm³/mol.